The lowest BCUT2D eigenvalue weighted by Crippen LogP contribution is -2.33. The summed E-state index contributed by atoms with van der Waals surface area (Å²) >= 11 is 0. The fraction of sp³-hybridized carbons (Fsp3) is 0.444. The molecule has 0 radical (unpaired) electrons. The van der Waals surface area contributed by atoms with Crippen LogP contribution in [-0.4, -0.2) is 32.8 Å². The quantitative estimate of drug-likeness (QED) is 0.367. The number of rotatable bonds is 7. The molecule has 1 amide bonds. The molecule has 2 N–H and O–H groups in total. The van der Waals surface area contributed by atoms with Gasteiger partial charge in [0.25, 0.3) is 5.91 Å². The van der Waals surface area contributed by atoms with Gasteiger partial charge in [0.1, 0.15) is 5.82 Å². The van der Waals surface area contributed by atoms with Crippen LogP contribution in [0.15, 0.2) is 48.6 Å². The second-order valence-electron chi connectivity index (χ2n) is 7.01. The van der Waals surface area contributed by atoms with Crippen molar-refractivity contribution in [1.82, 2.24) is 15.1 Å². The molecule has 0 bridgehead atoms. The summed E-state index contributed by atoms with van der Waals surface area (Å²) in [5.74, 6) is -1.26. The van der Waals surface area contributed by atoms with E-state index in [1.165, 1.54) is 12.1 Å². The van der Waals surface area contributed by atoms with Crippen molar-refractivity contribution < 1.29 is 19.1 Å². The first-order valence-corrected chi connectivity index (χ1v) is 11.7. The van der Waals surface area contributed by atoms with E-state index in [-0.39, 0.29) is 17.8 Å². The van der Waals surface area contributed by atoms with Crippen LogP contribution in [0.2, 0.25) is 0 Å². The topological polar surface area (TPSA) is 84.2 Å². The number of hydrogen-bond acceptors (Lipinski definition) is 3. The highest BCUT2D eigenvalue weighted by atomic mass is 19.1. The zero-order valence-corrected chi connectivity index (χ0v) is 22.2. The minimum atomic E-state index is -0.845. The number of aromatic nitrogens is 2. The first kappa shape index (κ1) is 33.0. The van der Waals surface area contributed by atoms with E-state index in [0.717, 1.165) is 11.3 Å². The molecule has 0 spiro atoms. The summed E-state index contributed by atoms with van der Waals surface area (Å²) in [5, 5.41) is 15.5. The average molecular weight is 476 g/mol. The van der Waals surface area contributed by atoms with Gasteiger partial charge in [0.15, 0.2) is 0 Å². The molecule has 1 heterocycles. The number of carboxylic acids is 1. The maximum atomic E-state index is 13.0. The predicted molar refractivity (Wildman–Crippen MR) is 139 cm³/mol. The van der Waals surface area contributed by atoms with E-state index in [1.54, 1.807) is 42.8 Å². The fourth-order valence-corrected chi connectivity index (χ4v) is 2.62. The maximum Gasteiger partial charge on any atom is 0.330 e. The van der Waals surface area contributed by atoms with Crippen LogP contribution in [0.3, 0.4) is 0 Å². The second-order valence-corrected chi connectivity index (χ2v) is 7.01. The lowest BCUT2D eigenvalue weighted by Gasteiger charge is -2.12. The summed E-state index contributed by atoms with van der Waals surface area (Å²) in [7, 11) is 1.81. The fourth-order valence-electron chi connectivity index (χ4n) is 2.62. The number of allylic oxidation sites excluding steroid dienone is 1. The Bertz CT molecular complexity index is 916. The first-order chi connectivity index (χ1) is 16.1. The predicted octanol–water partition coefficient (Wildman–Crippen LogP) is 6.24. The van der Waals surface area contributed by atoms with Crippen molar-refractivity contribution >= 4 is 11.9 Å². The van der Waals surface area contributed by atoms with Gasteiger partial charge in [-0.3, -0.25) is 9.48 Å². The first-order valence-electron chi connectivity index (χ1n) is 11.7. The Morgan fingerprint density at radius 2 is 1.74 bits per heavy atom. The Hall–Kier alpha value is -3.22. The maximum absolute atomic E-state index is 13.0. The van der Waals surface area contributed by atoms with E-state index >= 15 is 0 Å². The lowest BCUT2D eigenvalue weighted by atomic mass is 10.0. The molecular formula is C27H42FN3O3. The molecule has 7 heteroatoms. The summed E-state index contributed by atoms with van der Waals surface area (Å²) < 4.78 is 14.7. The highest BCUT2D eigenvalue weighted by Crippen LogP contribution is 2.18. The van der Waals surface area contributed by atoms with Gasteiger partial charge in [-0.25, -0.2) is 9.18 Å². The van der Waals surface area contributed by atoms with Gasteiger partial charge in [0, 0.05) is 30.8 Å². The third kappa shape index (κ3) is 11.6. The molecular weight excluding hydrogens is 433 g/mol. The van der Waals surface area contributed by atoms with E-state index in [9.17, 15) is 14.0 Å². The Kier molecular flexibility index (Phi) is 17.7. The largest absolute Gasteiger partial charge is 0.478 e. The number of nitrogens with one attached hydrogen (secondary N) is 1. The van der Waals surface area contributed by atoms with E-state index in [2.05, 4.69) is 17.0 Å². The van der Waals surface area contributed by atoms with Gasteiger partial charge in [0.2, 0.25) is 0 Å². The SMILES string of the molecule is C/C=C(\C)C(=O)O.C=CCC(C)NC(=O)c1c(Cc2ccc(F)cc2)nn(C)c1C.CC.CC. The van der Waals surface area contributed by atoms with E-state index in [4.69, 9.17) is 5.11 Å². The van der Waals surface area contributed by atoms with Crippen LogP contribution in [0, 0.1) is 12.7 Å². The number of hydrogen-bond donors (Lipinski definition) is 2. The Morgan fingerprint density at radius 3 is 2.15 bits per heavy atom. The number of aryl methyl sites for hydroxylation is 1. The Labute approximate surface area is 204 Å². The number of carbonyl (C=O) groups is 2. The zero-order chi connectivity index (χ0) is 26.8. The normalized spacial score (nSPS) is 10.8. The number of nitrogens with zero attached hydrogens (tertiary/aromatic N) is 2. The van der Waals surface area contributed by atoms with Gasteiger partial charge in [-0.1, -0.05) is 52.0 Å². The van der Waals surface area contributed by atoms with Gasteiger partial charge in [-0.2, -0.15) is 5.10 Å². The van der Waals surface area contributed by atoms with E-state index < -0.39 is 5.97 Å². The van der Waals surface area contributed by atoms with Gasteiger partial charge in [-0.15, -0.1) is 6.58 Å². The minimum Gasteiger partial charge on any atom is -0.478 e. The molecule has 34 heavy (non-hydrogen) atoms. The van der Waals surface area contributed by atoms with Crippen LogP contribution in [0.4, 0.5) is 4.39 Å². The second kappa shape index (κ2) is 18.2. The standard InChI is InChI=1S/C18H22FN3O.C5H8O2.2C2H6/c1-5-6-12(2)20-18(23)17-13(3)22(4)21-16(17)11-14-7-9-15(19)10-8-14;1-3-4(2)5(6)7;2*1-2/h5,7-10,12H,1,6,11H2,2-4H3,(H,20,23);3H,1-2H3,(H,6,7);2*1-2H3/b;4-3+;;. The summed E-state index contributed by atoms with van der Waals surface area (Å²) in [6, 6.07) is 6.26. The summed E-state index contributed by atoms with van der Waals surface area (Å²) in [5.41, 5.74) is 3.40. The van der Waals surface area contributed by atoms with Gasteiger partial charge in [-0.05, 0) is 51.8 Å². The highest BCUT2D eigenvalue weighted by molar-refractivity contribution is 5.96. The Balaban J connectivity index is 0. The van der Waals surface area contributed by atoms with E-state index in [1.807, 2.05) is 48.6 Å². The smallest absolute Gasteiger partial charge is 0.330 e. The molecule has 1 aromatic heterocycles. The van der Waals surface area contributed by atoms with Crippen LogP contribution in [0.25, 0.3) is 0 Å². The molecule has 0 saturated heterocycles. The van der Waals surface area contributed by atoms with Gasteiger partial charge < -0.3 is 10.4 Å². The number of carboxylic acid groups (broad SMARTS) is 1. The molecule has 0 saturated carbocycles. The van der Waals surface area contributed by atoms with Crippen molar-refractivity contribution in [2.75, 3.05) is 0 Å². The summed E-state index contributed by atoms with van der Waals surface area (Å²) in [6.45, 7) is 18.7. The number of carbonyl (C=O) groups excluding carboxylic acids is 1. The van der Waals surface area contributed by atoms with Gasteiger partial charge >= 0.3 is 5.97 Å². The Morgan fingerprint density at radius 1 is 1.21 bits per heavy atom. The van der Waals surface area contributed by atoms with Crippen LogP contribution < -0.4 is 5.32 Å². The molecule has 190 valence electrons. The molecule has 0 aliphatic carbocycles. The van der Waals surface area contributed by atoms with Crippen molar-refractivity contribution in [2.24, 2.45) is 7.05 Å². The molecule has 6 nitrogen and oxygen atoms in total. The van der Waals surface area contributed by atoms with Gasteiger partial charge in [0.05, 0.1) is 11.3 Å². The van der Waals surface area contributed by atoms with E-state index in [0.29, 0.717) is 29.7 Å². The molecule has 0 fully saturated rings. The highest BCUT2D eigenvalue weighted by Gasteiger charge is 2.21. The van der Waals surface area contributed by atoms with Crippen LogP contribution in [0.1, 0.15) is 82.2 Å². The molecule has 2 rings (SSSR count). The van der Waals surface area contributed by atoms with Crippen molar-refractivity contribution in [3.8, 4) is 0 Å². The summed E-state index contributed by atoms with van der Waals surface area (Å²) in [4.78, 5) is 22.4. The number of aliphatic carboxylic acids is 1. The van der Waals surface area contributed by atoms with Crippen LogP contribution >= 0.6 is 0 Å². The minimum absolute atomic E-state index is 0.0123. The summed E-state index contributed by atoms with van der Waals surface area (Å²) in [6.07, 6.45) is 4.53. The van der Waals surface area contributed by atoms with Crippen LogP contribution in [-0.2, 0) is 18.3 Å². The van der Waals surface area contributed by atoms with Crippen molar-refractivity contribution in [1.29, 1.82) is 0 Å². The molecule has 1 atom stereocenters. The average Bonchev–Trinajstić information content (AvgIpc) is 3.10. The molecule has 2 aromatic rings. The van der Waals surface area contributed by atoms with Crippen molar-refractivity contribution in [3.05, 3.63) is 76.9 Å². The molecule has 1 unspecified atom stereocenters. The van der Waals surface area contributed by atoms with Crippen LogP contribution in [0.5, 0.6) is 0 Å². The van der Waals surface area contributed by atoms with Crippen molar-refractivity contribution in [3.63, 3.8) is 0 Å². The van der Waals surface area contributed by atoms with Crippen molar-refractivity contribution in [2.45, 2.75) is 74.3 Å². The third-order valence-electron chi connectivity index (χ3n) is 4.59. The third-order valence-corrected chi connectivity index (χ3v) is 4.59. The lowest BCUT2D eigenvalue weighted by molar-refractivity contribution is -0.132. The number of benzene rings is 1. The number of halogens is 1. The monoisotopic (exact) mass is 475 g/mol. The molecule has 1 aromatic carbocycles. The zero-order valence-electron chi connectivity index (χ0n) is 22.2. The molecule has 0 aliphatic rings. The number of amides is 1. The molecule has 0 aliphatic heterocycles.